The molecule has 2 bridgehead atoms. The monoisotopic (exact) mass is 356 g/mol. The van der Waals surface area contributed by atoms with Crippen molar-refractivity contribution in [2.24, 2.45) is 23.7 Å². The number of rotatable bonds is 4. The van der Waals surface area contributed by atoms with E-state index in [1.807, 2.05) is 32.9 Å². The van der Waals surface area contributed by atoms with Gasteiger partial charge >= 0.3 is 5.97 Å². The van der Waals surface area contributed by atoms with Crippen molar-refractivity contribution in [3.8, 4) is 0 Å². The Balaban J connectivity index is 1.74. The van der Waals surface area contributed by atoms with E-state index in [-0.39, 0.29) is 29.2 Å². The Bertz CT molecular complexity index is 778. The van der Waals surface area contributed by atoms with Crippen molar-refractivity contribution in [2.45, 2.75) is 32.7 Å². The number of amides is 2. The second-order valence-electron chi connectivity index (χ2n) is 8.11. The van der Waals surface area contributed by atoms with Gasteiger partial charge in [0.2, 0.25) is 5.91 Å². The molecule has 2 aliphatic rings. The van der Waals surface area contributed by atoms with Gasteiger partial charge in [0.1, 0.15) is 0 Å². The summed E-state index contributed by atoms with van der Waals surface area (Å²) in [6, 6.07) is 6.68. The van der Waals surface area contributed by atoms with E-state index in [9.17, 15) is 19.5 Å². The molecule has 4 atom stereocenters. The van der Waals surface area contributed by atoms with Crippen LogP contribution in [0.3, 0.4) is 0 Å². The summed E-state index contributed by atoms with van der Waals surface area (Å²) in [6.07, 6.45) is 4.56. The van der Waals surface area contributed by atoms with Crippen molar-refractivity contribution >= 4 is 23.5 Å². The number of hydrogen-bond donors (Lipinski definition) is 3. The first-order valence-corrected chi connectivity index (χ1v) is 8.80. The lowest BCUT2D eigenvalue weighted by molar-refractivity contribution is -0.146. The number of carboxylic acid groups (broad SMARTS) is 1. The molecule has 6 heteroatoms. The van der Waals surface area contributed by atoms with E-state index >= 15 is 0 Å². The van der Waals surface area contributed by atoms with Crippen LogP contribution in [0.2, 0.25) is 0 Å². The number of benzene rings is 1. The van der Waals surface area contributed by atoms with Gasteiger partial charge in [0.05, 0.1) is 11.8 Å². The molecule has 1 aromatic carbocycles. The largest absolute Gasteiger partial charge is 0.481 e. The highest BCUT2D eigenvalue weighted by Gasteiger charge is 2.51. The fourth-order valence-electron chi connectivity index (χ4n) is 3.89. The molecule has 0 heterocycles. The Morgan fingerprint density at radius 2 is 1.73 bits per heavy atom. The molecule has 2 amide bonds. The summed E-state index contributed by atoms with van der Waals surface area (Å²) >= 11 is 0. The minimum atomic E-state index is -0.930. The number of nitrogens with one attached hydrogen (secondary N) is 2. The van der Waals surface area contributed by atoms with Gasteiger partial charge in [-0.15, -0.1) is 0 Å². The third-order valence-corrected chi connectivity index (χ3v) is 4.93. The maximum Gasteiger partial charge on any atom is 0.307 e. The Morgan fingerprint density at radius 1 is 1.08 bits per heavy atom. The number of hydrogen-bond acceptors (Lipinski definition) is 3. The predicted octanol–water partition coefficient (Wildman–Crippen LogP) is 2.68. The van der Waals surface area contributed by atoms with Crippen LogP contribution in [0.25, 0.3) is 0 Å². The number of anilines is 1. The van der Waals surface area contributed by atoms with E-state index in [1.54, 1.807) is 24.3 Å². The van der Waals surface area contributed by atoms with Gasteiger partial charge in [0.25, 0.3) is 5.91 Å². The van der Waals surface area contributed by atoms with Crippen LogP contribution in [0.4, 0.5) is 5.69 Å². The van der Waals surface area contributed by atoms with Crippen molar-refractivity contribution < 1.29 is 19.5 Å². The van der Waals surface area contributed by atoms with Gasteiger partial charge in [-0.2, -0.15) is 0 Å². The maximum absolute atomic E-state index is 12.7. The maximum atomic E-state index is 12.7. The van der Waals surface area contributed by atoms with Crippen LogP contribution in [0.15, 0.2) is 36.4 Å². The van der Waals surface area contributed by atoms with Crippen molar-refractivity contribution in [3.05, 3.63) is 42.0 Å². The fraction of sp³-hybridized carbons (Fsp3) is 0.450. The zero-order chi connectivity index (χ0) is 19.1. The molecule has 1 aromatic rings. The molecule has 6 nitrogen and oxygen atoms in total. The van der Waals surface area contributed by atoms with E-state index in [1.165, 1.54) is 0 Å². The zero-order valence-electron chi connectivity index (χ0n) is 15.2. The average molecular weight is 356 g/mol. The van der Waals surface area contributed by atoms with Gasteiger partial charge in [-0.05, 0) is 57.2 Å². The smallest absolute Gasteiger partial charge is 0.307 e. The summed E-state index contributed by atoms with van der Waals surface area (Å²) in [4.78, 5) is 36.6. The number of carbonyl (C=O) groups is 3. The highest BCUT2D eigenvalue weighted by atomic mass is 16.4. The third kappa shape index (κ3) is 3.64. The molecule has 0 aliphatic heterocycles. The lowest BCUT2D eigenvalue weighted by Gasteiger charge is -2.24. The highest BCUT2D eigenvalue weighted by Crippen LogP contribution is 2.48. The van der Waals surface area contributed by atoms with Crippen LogP contribution in [-0.2, 0) is 9.59 Å². The molecule has 0 radical (unpaired) electrons. The first-order valence-electron chi connectivity index (χ1n) is 8.80. The minimum Gasteiger partial charge on any atom is -0.481 e. The molecular weight excluding hydrogens is 332 g/mol. The quantitative estimate of drug-likeness (QED) is 0.723. The first-order chi connectivity index (χ1) is 12.2. The summed E-state index contributed by atoms with van der Waals surface area (Å²) in [6.45, 7) is 5.68. The van der Waals surface area contributed by atoms with Crippen LogP contribution < -0.4 is 10.6 Å². The van der Waals surface area contributed by atoms with Crippen molar-refractivity contribution in [1.29, 1.82) is 0 Å². The van der Waals surface area contributed by atoms with Crippen molar-refractivity contribution in [3.63, 3.8) is 0 Å². The van der Waals surface area contributed by atoms with Gasteiger partial charge in [0, 0.05) is 16.8 Å². The minimum absolute atomic E-state index is 0.0338. The van der Waals surface area contributed by atoms with E-state index < -0.39 is 17.8 Å². The van der Waals surface area contributed by atoms with Gasteiger partial charge in [0.15, 0.2) is 0 Å². The molecule has 1 saturated carbocycles. The summed E-state index contributed by atoms with van der Waals surface area (Å²) in [5.74, 6) is -2.82. The number of aliphatic carboxylic acids is 1. The topological polar surface area (TPSA) is 95.5 Å². The van der Waals surface area contributed by atoms with E-state index in [0.29, 0.717) is 17.7 Å². The Hall–Kier alpha value is -2.63. The van der Waals surface area contributed by atoms with E-state index in [4.69, 9.17) is 0 Å². The summed E-state index contributed by atoms with van der Waals surface area (Å²) in [5, 5.41) is 15.2. The fourth-order valence-corrected chi connectivity index (χ4v) is 3.89. The molecule has 4 unspecified atom stereocenters. The molecule has 0 aromatic heterocycles. The molecule has 3 N–H and O–H groups in total. The molecular formula is C20H24N2O4. The molecule has 0 saturated heterocycles. The van der Waals surface area contributed by atoms with E-state index in [2.05, 4.69) is 10.6 Å². The lowest BCUT2D eigenvalue weighted by Crippen LogP contribution is -2.40. The number of carbonyl (C=O) groups excluding carboxylic acids is 2. The summed E-state index contributed by atoms with van der Waals surface area (Å²) in [5.41, 5.74) is 0.577. The van der Waals surface area contributed by atoms with Crippen LogP contribution in [0, 0.1) is 23.7 Å². The number of fused-ring (bicyclic) bond motifs is 2. The molecule has 3 rings (SSSR count). The first kappa shape index (κ1) is 18.2. The Kier molecular flexibility index (Phi) is 4.61. The number of allylic oxidation sites excluding steroid dienone is 2. The molecule has 2 aliphatic carbocycles. The SMILES string of the molecule is CC(C)(C)NC(=O)c1cccc(NC(=O)C2C3C=CC(C3)C2C(=O)O)c1. The second-order valence-corrected chi connectivity index (χ2v) is 8.11. The van der Waals surface area contributed by atoms with Crippen LogP contribution in [0.5, 0.6) is 0 Å². The molecule has 0 spiro atoms. The normalized spacial score (nSPS) is 26.6. The van der Waals surface area contributed by atoms with Gasteiger partial charge in [-0.25, -0.2) is 0 Å². The lowest BCUT2D eigenvalue weighted by atomic mass is 9.82. The van der Waals surface area contributed by atoms with Crippen LogP contribution >= 0.6 is 0 Å². The van der Waals surface area contributed by atoms with Gasteiger partial charge in [-0.1, -0.05) is 18.2 Å². The van der Waals surface area contributed by atoms with Gasteiger partial charge < -0.3 is 15.7 Å². The van der Waals surface area contributed by atoms with Crippen molar-refractivity contribution in [2.75, 3.05) is 5.32 Å². The standard InChI is InChI=1S/C20H24N2O4/c1-20(2,3)22-17(23)13-5-4-6-14(10-13)21-18(24)15-11-7-8-12(9-11)16(15)19(25)26/h4-8,10-12,15-16H,9H2,1-3H3,(H,21,24)(H,22,23)(H,25,26). The average Bonchev–Trinajstić information content (AvgIpc) is 3.14. The van der Waals surface area contributed by atoms with Crippen LogP contribution in [0.1, 0.15) is 37.6 Å². The zero-order valence-corrected chi connectivity index (χ0v) is 15.2. The number of carboxylic acids is 1. The molecule has 138 valence electrons. The van der Waals surface area contributed by atoms with Crippen molar-refractivity contribution in [1.82, 2.24) is 5.32 Å². The van der Waals surface area contributed by atoms with Gasteiger partial charge in [-0.3, -0.25) is 14.4 Å². The molecule has 26 heavy (non-hydrogen) atoms. The summed E-state index contributed by atoms with van der Waals surface area (Å²) in [7, 11) is 0. The second kappa shape index (κ2) is 6.59. The summed E-state index contributed by atoms with van der Waals surface area (Å²) < 4.78 is 0. The van der Waals surface area contributed by atoms with E-state index in [0.717, 1.165) is 0 Å². The third-order valence-electron chi connectivity index (χ3n) is 4.93. The van der Waals surface area contributed by atoms with Crippen LogP contribution in [-0.4, -0.2) is 28.4 Å². The molecule has 1 fully saturated rings. The Morgan fingerprint density at radius 3 is 2.35 bits per heavy atom. The highest BCUT2D eigenvalue weighted by molar-refractivity contribution is 5.99. The Labute approximate surface area is 152 Å². The predicted molar refractivity (Wildman–Crippen MR) is 97.6 cm³/mol.